The first-order valence-electron chi connectivity index (χ1n) is 11.4. The monoisotopic (exact) mass is 583 g/mol. The molecule has 1 aliphatic rings. The Morgan fingerprint density at radius 2 is 1.82 bits per heavy atom. The van der Waals surface area contributed by atoms with Gasteiger partial charge in [0.1, 0.15) is 11.6 Å². The van der Waals surface area contributed by atoms with Crippen molar-refractivity contribution in [3.05, 3.63) is 99.8 Å². The van der Waals surface area contributed by atoms with Crippen LogP contribution in [0.5, 0.6) is 11.5 Å². The fourth-order valence-corrected chi connectivity index (χ4v) is 6.01. The molecule has 198 valence electrons. The second-order valence-corrected chi connectivity index (χ2v) is 11.0. The van der Waals surface area contributed by atoms with Gasteiger partial charge in [-0.3, -0.25) is 14.5 Å². The van der Waals surface area contributed by atoms with Crippen molar-refractivity contribution in [1.29, 1.82) is 0 Å². The van der Waals surface area contributed by atoms with E-state index in [1.54, 1.807) is 24.3 Å². The van der Waals surface area contributed by atoms with Crippen molar-refractivity contribution in [2.75, 3.05) is 12.0 Å². The highest BCUT2D eigenvalue weighted by Gasteiger charge is 2.48. The maximum Gasteiger partial charge on any atom is 0.301 e. The Labute approximate surface area is 235 Å². The number of hydrogen-bond donors (Lipinski definition) is 2. The number of amides is 1. The quantitative estimate of drug-likeness (QED) is 0.0900. The number of methoxy groups -OCH3 is 1. The number of aromatic hydroxyl groups is 1. The number of aliphatic hydroxyl groups is 1. The second-order valence-electron chi connectivity index (χ2n) is 8.37. The minimum absolute atomic E-state index is 0.123. The Morgan fingerprint density at radius 1 is 1.10 bits per heavy atom. The van der Waals surface area contributed by atoms with Crippen molar-refractivity contribution in [3.63, 3.8) is 0 Å². The molecule has 0 aliphatic carbocycles. The number of aromatic nitrogens is 2. The lowest BCUT2D eigenvalue weighted by Crippen LogP contribution is -2.29. The number of anilines is 1. The van der Waals surface area contributed by atoms with E-state index < -0.39 is 17.7 Å². The van der Waals surface area contributed by atoms with Gasteiger partial charge in [0.2, 0.25) is 5.13 Å². The van der Waals surface area contributed by atoms with E-state index in [1.807, 2.05) is 0 Å². The van der Waals surface area contributed by atoms with Gasteiger partial charge in [0.15, 0.2) is 15.8 Å². The summed E-state index contributed by atoms with van der Waals surface area (Å²) in [4.78, 5) is 27.9. The summed E-state index contributed by atoms with van der Waals surface area (Å²) in [5, 5.41) is 30.2. The molecule has 0 saturated carbocycles. The van der Waals surface area contributed by atoms with Gasteiger partial charge in [-0.05, 0) is 59.7 Å². The highest BCUT2D eigenvalue weighted by atomic mass is 35.5. The summed E-state index contributed by atoms with van der Waals surface area (Å²) in [7, 11) is 1.37. The van der Waals surface area contributed by atoms with E-state index in [9.17, 15) is 24.2 Å². The van der Waals surface area contributed by atoms with E-state index in [0.717, 1.165) is 16.9 Å². The van der Waals surface area contributed by atoms with Gasteiger partial charge in [-0.1, -0.05) is 52.9 Å². The van der Waals surface area contributed by atoms with Crippen LogP contribution in [0.15, 0.2) is 76.6 Å². The smallest absolute Gasteiger partial charge is 0.301 e. The summed E-state index contributed by atoms with van der Waals surface area (Å²) in [6.45, 7) is 0. The highest BCUT2D eigenvalue weighted by Crippen LogP contribution is 2.45. The molecule has 1 aromatic heterocycles. The molecule has 1 aliphatic heterocycles. The molecule has 12 heteroatoms. The van der Waals surface area contributed by atoms with Crippen LogP contribution in [0.25, 0.3) is 5.76 Å². The number of thioether (sulfide) groups is 1. The highest BCUT2D eigenvalue weighted by molar-refractivity contribution is 8.00. The van der Waals surface area contributed by atoms with Gasteiger partial charge >= 0.3 is 5.91 Å². The minimum Gasteiger partial charge on any atom is -0.507 e. The van der Waals surface area contributed by atoms with Crippen LogP contribution < -0.4 is 9.64 Å². The Balaban J connectivity index is 1.56. The summed E-state index contributed by atoms with van der Waals surface area (Å²) in [5.41, 5.74) is 1.40. The van der Waals surface area contributed by atoms with Gasteiger partial charge in [-0.25, -0.2) is 4.39 Å². The van der Waals surface area contributed by atoms with Crippen LogP contribution in [-0.4, -0.2) is 39.2 Å². The number of ketones is 1. The number of aliphatic hydroxyl groups excluding tert-OH is 1. The standard InChI is InChI=1S/C27H19ClFN3O5S2/c1-37-20-12-16(6-11-19(20)33)22-21(23(34)15-4-7-17(28)8-5-15)24(35)25(36)32(22)26-30-31-27(39-26)38-13-14-2-9-18(29)10-3-14/h2-12,22,33-34H,13H2,1H3/b23-21-. The molecule has 1 saturated heterocycles. The molecule has 3 aromatic carbocycles. The van der Waals surface area contributed by atoms with Crippen LogP contribution in [0.4, 0.5) is 9.52 Å². The van der Waals surface area contributed by atoms with E-state index in [1.165, 1.54) is 66.2 Å². The first kappa shape index (κ1) is 26.7. The molecular formula is C27H19ClFN3O5S2. The van der Waals surface area contributed by atoms with Crippen molar-refractivity contribution in [1.82, 2.24) is 10.2 Å². The third-order valence-corrected chi connectivity index (χ3v) is 8.34. The zero-order valence-electron chi connectivity index (χ0n) is 20.2. The maximum absolute atomic E-state index is 13.4. The Hall–Kier alpha value is -3.93. The summed E-state index contributed by atoms with van der Waals surface area (Å²) in [5.74, 6) is -2.04. The number of halogens is 2. The zero-order valence-corrected chi connectivity index (χ0v) is 22.6. The molecule has 0 radical (unpaired) electrons. The third kappa shape index (κ3) is 5.33. The molecule has 0 bridgehead atoms. The number of phenols is 1. The second kappa shape index (κ2) is 11.0. The van der Waals surface area contributed by atoms with Gasteiger partial charge < -0.3 is 14.9 Å². The van der Waals surface area contributed by atoms with Crippen molar-refractivity contribution < 1.29 is 28.9 Å². The molecule has 4 aromatic rings. The molecule has 5 rings (SSSR count). The lowest BCUT2D eigenvalue weighted by molar-refractivity contribution is -0.132. The Kier molecular flexibility index (Phi) is 7.56. The molecule has 0 spiro atoms. The van der Waals surface area contributed by atoms with Crippen LogP contribution in [0.1, 0.15) is 22.7 Å². The third-order valence-electron chi connectivity index (χ3n) is 5.96. The van der Waals surface area contributed by atoms with Gasteiger partial charge in [0, 0.05) is 16.3 Å². The predicted octanol–water partition coefficient (Wildman–Crippen LogP) is 5.96. The summed E-state index contributed by atoms with van der Waals surface area (Å²) < 4.78 is 19.0. The predicted molar refractivity (Wildman–Crippen MR) is 147 cm³/mol. The van der Waals surface area contributed by atoms with Crippen LogP contribution in [-0.2, 0) is 15.3 Å². The molecule has 1 amide bonds. The van der Waals surface area contributed by atoms with Gasteiger partial charge in [-0.2, -0.15) is 0 Å². The van der Waals surface area contributed by atoms with E-state index >= 15 is 0 Å². The number of Topliss-reactive ketones (excluding diaryl/α,β-unsaturated/α-hetero) is 1. The molecule has 1 atom stereocenters. The number of carbonyl (C=O) groups excluding carboxylic acids is 2. The number of hydrogen-bond acceptors (Lipinski definition) is 9. The summed E-state index contributed by atoms with van der Waals surface area (Å²) in [6.07, 6.45) is 0. The number of ether oxygens (including phenoxy) is 1. The summed E-state index contributed by atoms with van der Waals surface area (Å²) in [6, 6.07) is 15.6. The lowest BCUT2D eigenvalue weighted by atomic mass is 9.95. The number of nitrogens with zero attached hydrogens (tertiary/aromatic N) is 3. The molecule has 1 fully saturated rings. The van der Waals surface area contributed by atoms with Crippen LogP contribution in [0.3, 0.4) is 0 Å². The van der Waals surface area contributed by atoms with Crippen molar-refractivity contribution in [2.45, 2.75) is 16.1 Å². The molecule has 39 heavy (non-hydrogen) atoms. The number of phenolic OH excluding ortho intramolecular Hbond substituents is 1. The van der Waals surface area contributed by atoms with E-state index in [0.29, 0.717) is 26.2 Å². The van der Waals surface area contributed by atoms with Gasteiger partial charge in [0.05, 0.1) is 18.7 Å². The molecular weight excluding hydrogens is 565 g/mol. The normalized spacial score (nSPS) is 16.6. The largest absolute Gasteiger partial charge is 0.507 e. The van der Waals surface area contributed by atoms with Crippen LogP contribution >= 0.6 is 34.7 Å². The van der Waals surface area contributed by atoms with Crippen molar-refractivity contribution in [3.8, 4) is 11.5 Å². The Bertz CT molecular complexity index is 1590. The SMILES string of the molecule is COc1cc(C2/C(=C(/O)c3ccc(Cl)cc3)C(=O)C(=O)N2c2nnc(SCc3ccc(F)cc3)s2)ccc1O. The van der Waals surface area contributed by atoms with E-state index in [4.69, 9.17) is 16.3 Å². The molecule has 2 N–H and O–H groups in total. The number of rotatable bonds is 7. The van der Waals surface area contributed by atoms with Gasteiger partial charge in [-0.15, -0.1) is 10.2 Å². The van der Waals surface area contributed by atoms with Crippen molar-refractivity contribution >= 4 is 57.3 Å². The van der Waals surface area contributed by atoms with Crippen LogP contribution in [0.2, 0.25) is 5.02 Å². The molecule has 2 heterocycles. The maximum atomic E-state index is 13.4. The topological polar surface area (TPSA) is 113 Å². The average molecular weight is 584 g/mol. The fourth-order valence-electron chi connectivity index (χ4n) is 4.06. The fraction of sp³-hybridized carbons (Fsp3) is 0.111. The minimum atomic E-state index is -1.09. The summed E-state index contributed by atoms with van der Waals surface area (Å²) >= 11 is 8.42. The van der Waals surface area contributed by atoms with Gasteiger partial charge in [0.25, 0.3) is 5.78 Å². The zero-order chi connectivity index (χ0) is 27.7. The number of carbonyl (C=O) groups is 2. The van der Waals surface area contributed by atoms with E-state index in [-0.39, 0.29) is 33.8 Å². The first-order chi connectivity index (χ1) is 18.8. The first-order valence-corrected chi connectivity index (χ1v) is 13.6. The average Bonchev–Trinajstić information content (AvgIpc) is 3.50. The Morgan fingerprint density at radius 3 is 2.51 bits per heavy atom. The lowest BCUT2D eigenvalue weighted by Gasteiger charge is -2.23. The van der Waals surface area contributed by atoms with Crippen LogP contribution in [0, 0.1) is 5.82 Å². The molecule has 1 unspecified atom stereocenters. The van der Waals surface area contributed by atoms with E-state index in [2.05, 4.69) is 10.2 Å². The van der Waals surface area contributed by atoms with Crippen molar-refractivity contribution in [2.24, 2.45) is 0 Å². The number of benzene rings is 3. The molecule has 8 nitrogen and oxygen atoms in total.